The average molecular weight is 456 g/mol. The van der Waals surface area contributed by atoms with Crippen molar-refractivity contribution in [3.63, 3.8) is 0 Å². The molecule has 0 aliphatic carbocycles. The largest absolute Gasteiger partial charge is 0.490 e. The number of amides is 2. The summed E-state index contributed by atoms with van der Waals surface area (Å²) >= 11 is 5.96. The second-order valence-electron chi connectivity index (χ2n) is 6.10. The van der Waals surface area contributed by atoms with E-state index in [9.17, 15) is 18.0 Å². The molecule has 0 aliphatic heterocycles. The van der Waals surface area contributed by atoms with Crippen molar-refractivity contribution in [1.82, 2.24) is 15.2 Å². The van der Waals surface area contributed by atoms with Gasteiger partial charge < -0.3 is 9.47 Å². The summed E-state index contributed by atoms with van der Waals surface area (Å²) in [5.41, 5.74) is 4.40. The molecule has 2 aromatic carbocycles. The van der Waals surface area contributed by atoms with E-state index in [2.05, 4.69) is 10.9 Å². The van der Waals surface area contributed by atoms with E-state index >= 15 is 0 Å². The summed E-state index contributed by atoms with van der Waals surface area (Å²) in [5, 5.41) is -0.0225. The normalized spacial score (nSPS) is 11.1. The Hall–Kier alpha value is -2.82. The van der Waals surface area contributed by atoms with Crippen LogP contribution in [0.1, 0.15) is 17.3 Å². The quantitative estimate of drug-likeness (QED) is 0.587. The van der Waals surface area contributed by atoms with Gasteiger partial charge in [-0.2, -0.15) is 0 Å². The Morgan fingerprint density at radius 3 is 2.27 bits per heavy atom. The highest BCUT2D eigenvalue weighted by atomic mass is 35.5. The lowest BCUT2D eigenvalue weighted by atomic mass is 10.2. The number of ether oxygens (including phenoxy) is 2. The van der Waals surface area contributed by atoms with Gasteiger partial charge in [-0.15, -0.1) is 0 Å². The van der Waals surface area contributed by atoms with E-state index < -0.39 is 21.8 Å². The number of rotatable bonds is 8. The third-order valence-corrected chi connectivity index (χ3v) is 6.07. The highest BCUT2D eigenvalue weighted by molar-refractivity contribution is 7.89. The summed E-state index contributed by atoms with van der Waals surface area (Å²) in [6.07, 6.45) is 0. The highest BCUT2D eigenvalue weighted by Crippen LogP contribution is 2.26. The zero-order valence-corrected chi connectivity index (χ0v) is 18.2. The lowest BCUT2D eigenvalue weighted by Gasteiger charge is -2.14. The number of halogens is 1. The van der Waals surface area contributed by atoms with Gasteiger partial charge in [-0.3, -0.25) is 20.4 Å². The van der Waals surface area contributed by atoms with Gasteiger partial charge in [-0.25, -0.2) is 12.7 Å². The van der Waals surface area contributed by atoms with E-state index in [0.717, 1.165) is 10.4 Å². The second-order valence-corrected chi connectivity index (χ2v) is 8.63. The van der Waals surface area contributed by atoms with Crippen molar-refractivity contribution in [3.05, 3.63) is 53.1 Å². The van der Waals surface area contributed by atoms with Gasteiger partial charge >= 0.3 is 0 Å². The molecule has 0 spiro atoms. The van der Waals surface area contributed by atoms with Gasteiger partial charge in [-0.05, 0) is 37.3 Å². The zero-order chi connectivity index (χ0) is 22.3. The maximum Gasteiger partial charge on any atom is 0.276 e. The number of carbonyl (C=O) groups excluding carboxylic acids is 2. The molecule has 11 heteroatoms. The topological polar surface area (TPSA) is 114 Å². The first-order valence-electron chi connectivity index (χ1n) is 8.82. The number of nitrogens with one attached hydrogen (secondary N) is 2. The van der Waals surface area contributed by atoms with Gasteiger partial charge in [-0.1, -0.05) is 23.7 Å². The smallest absolute Gasteiger partial charge is 0.276 e. The van der Waals surface area contributed by atoms with Crippen molar-refractivity contribution in [2.75, 3.05) is 27.3 Å². The zero-order valence-electron chi connectivity index (χ0n) is 16.6. The molecule has 0 fully saturated rings. The van der Waals surface area contributed by atoms with Crippen molar-refractivity contribution in [2.24, 2.45) is 0 Å². The van der Waals surface area contributed by atoms with E-state index in [0.29, 0.717) is 18.1 Å². The molecular formula is C19H22ClN3O6S. The Morgan fingerprint density at radius 1 is 1.03 bits per heavy atom. The van der Waals surface area contributed by atoms with E-state index in [4.69, 9.17) is 21.1 Å². The fourth-order valence-electron chi connectivity index (χ4n) is 2.26. The summed E-state index contributed by atoms with van der Waals surface area (Å²) in [7, 11) is -1.14. The molecule has 0 aromatic heterocycles. The Morgan fingerprint density at radius 2 is 1.67 bits per heavy atom. The van der Waals surface area contributed by atoms with E-state index in [-0.39, 0.29) is 22.1 Å². The fourth-order valence-corrected chi connectivity index (χ4v) is 3.65. The minimum absolute atomic E-state index is 0.00253. The average Bonchev–Trinajstić information content (AvgIpc) is 2.71. The van der Waals surface area contributed by atoms with E-state index in [1.165, 1.54) is 26.2 Å². The van der Waals surface area contributed by atoms with Crippen LogP contribution in [0.15, 0.2) is 47.4 Å². The van der Waals surface area contributed by atoms with E-state index in [1.807, 2.05) is 6.92 Å². The van der Waals surface area contributed by atoms with Crippen molar-refractivity contribution < 1.29 is 27.5 Å². The first-order valence-corrected chi connectivity index (χ1v) is 10.6. The standard InChI is InChI=1S/C19H22ClN3O6S/c1-4-28-15-7-5-6-8-16(15)29-12-18(24)21-22-19(25)13-9-10-14(20)17(11-13)30(26,27)23(2)3/h5-11H,4,12H2,1-3H3,(H,21,24)(H,22,25). The molecule has 0 bridgehead atoms. The minimum atomic E-state index is -3.84. The van der Waals surface area contributed by atoms with Crippen LogP contribution in [-0.4, -0.2) is 51.8 Å². The first-order chi connectivity index (χ1) is 14.2. The van der Waals surface area contributed by atoms with E-state index in [1.54, 1.807) is 24.3 Å². The number of hydrogen-bond donors (Lipinski definition) is 2. The van der Waals surface area contributed by atoms with Crippen LogP contribution >= 0.6 is 11.6 Å². The van der Waals surface area contributed by atoms with Crippen molar-refractivity contribution >= 4 is 33.4 Å². The molecule has 0 saturated carbocycles. The van der Waals surface area contributed by atoms with Crippen molar-refractivity contribution in [3.8, 4) is 11.5 Å². The van der Waals surface area contributed by atoms with Gasteiger partial charge in [0, 0.05) is 19.7 Å². The summed E-state index contributed by atoms with van der Waals surface area (Å²) in [4.78, 5) is 24.0. The molecule has 0 saturated heterocycles. The Balaban J connectivity index is 1.98. The van der Waals surface area contributed by atoms with Gasteiger partial charge in [0.2, 0.25) is 10.0 Å². The Bertz CT molecular complexity index is 1030. The fraction of sp³-hybridized carbons (Fsp3) is 0.263. The molecule has 9 nitrogen and oxygen atoms in total. The van der Waals surface area contributed by atoms with Crippen LogP contribution in [-0.2, 0) is 14.8 Å². The lowest BCUT2D eigenvalue weighted by Crippen LogP contribution is -2.43. The van der Waals surface area contributed by atoms with Gasteiger partial charge in [0.05, 0.1) is 11.6 Å². The number of para-hydroxylation sites is 2. The van der Waals surface area contributed by atoms with Crippen LogP contribution in [0.25, 0.3) is 0 Å². The molecule has 0 heterocycles. The maximum absolute atomic E-state index is 12.3. The number of nitrogens with zero attached hydrogens (tertiary/aromatic N) is 1. The van der Waals surface area contributed by atoms with Crippen LogP contribution in [0.4, 0.5) is 0 Å². The molecule has 30 heavy (non-hydrogen) atoms. The Kier molecular flexibility index (Phi) is 8.04. The maximum atomic E-state index is 12.3. The number of hydrazine groups is 1. The second kappa shape index (κ2) is 10.3. The molecule has 0 unspecified atom stereocenters. The third-order valence-electron chi connectivity index (χ3n) is 3.78. The van der Waals surface area contributed by atoms with Crippen LogP contribution < -0.4 is 20.3 Å². The lowest BCUT2D eigenvalue weighted by molar-refractivity contribution is -0.123. The Labute approximate surface area is 179 Å². The number of sulfonamides is 1. The highest BCUT2D eigenvalue weighted by Gasteiger charge is 2.22. The number of benzene rings is 2. The predicted octanol–water partition coefficient (Wildman–Crippen LogP) is 1.83. The monoisotopic (exact) mass is 455 g/mol. The first kappa shape index (κ1) is 23.5. The molecule has 0 atom stereocenters. The molecule has 2 amide bonds. The third kappa shape index (κ3) is 5.85. The van der Waals surface area contributed by atoms with Crippen molar-refractivity contribution in [1.29, 1.82) is 0 Å². The van der Waals surface area contributed by atoms with Crippen LogP contribution in [0, 0.1) is 0 Å². The van der Waals surface area contributed by atoms with Gasteiger partial charge in [0.15, 0.2) is 18.1 Å². The summed E-state index contributed by atoms with van der Waals surface area (Å²) < 4.78 is 36.4. The molecular weight excluding hydrogens is 434 g/mol. The summed E-state index contributed by atoms with van der Waals surface area (Å²) in [6, 6.07) is 10.6. The minimum Gasteiger partial charge on any atom is -0.490 e. The number of carbonyl (C=O) groups is 2. The number of hydrogen-bond acceptors (Lipinski definition) is 6. The summed E-state index contributed by atoms with van der Waals surface area (Å²) in [5.74, 6) is -0.459. The molecule has 162 valence electrons. The van der Waals surface area contributed by atoms with Crippen LogP contribution in [0.2, 0.25) is 5.02 Å². The molecule has 2 aromatic rings. The van der Waals surface area contributed by atoms with Gasteiger partial charge in [0.1, 0.15) is 4.90 Å². The molecule has 2 rings (SSSR count). The molecule has 2 N–H and O–H groups in total. The molecule has 0 aliphatic rings. The molecule has 0 radical (unpaired) electrons. The van der Waals surface area contributed by atoms with Crippen LogP contribution in [0.3, 0.4) is 0 Å². The van der Waals surface area contributed by atoms with Gasteiger partial charge in [0.25, 0.3) is 11.8 Å². The van der Waals surface area contributed by atoms with Crippen molar-refractivity contribution in [2.45, 2.75) is 11.8 Å². The SMILES string of the molecule is CCOc1ccccc1OCC(=O)NNC(=O)c1ccc(Cl)c(S(=O)(=O)N(C)C)c1. The van der Waals surface area contributed by atoms with Crippen LogP contribution in [0.5, 0.6) is 11.5 Å². The predicted molar refractivity (Wildman–Crippen MR) is 111 cm³/mol. The summed E-state index contributed by atoms with van der Waals surface area (Å²) in [6.45, 7) is 1.89.